The van der Waals surface area contributed by atoms with Gasteiger partial charge in [0.15, 0.2) is 0 Å². The van der Waals surface area contributed by atoms with Gasteiger partial charge in [0.25, 0.3) is 0 Å². The van der Waals surface area contributed by atoms with E-state index in [1.165, 1.54) is 16.0 Å². The Morgan fingerprint density at radius 1 is 1.06 bits per heavy atom. The first kappa shape index (κ1) is 12.0. The van der Waals surface area contributed by atoms with Crippen molar-refractivity contribution in [3.05, 3.63) is 47.7 Å². The van der Waals surface area contributed by atoms with Gasteiger partial charge in [-0.15, -0.1) is 0 Å². The van der Waals surface area contributed by atoms with E-state index in [1.54, 1.807) is 18.0 Å². The summed E-state index contributed by atoms with van der Waals surface area (Å²) < 4.78 is 0. The smallest absolute Gasteiger partial charge is 0.140 e. The molecule has 0 amide bonds. The Kier molecular flexibility index (Phi) is 3.66. The molecule has 0 radical (unpaired) electrons. The Balaban J connectivity index is 2.22. The summed E-state index contributed by atoms with van der Waals surface area (Å²) in [5.74, 6) is 6.01. The van der Waals surface area contributed by atoms with Gasteiger partial charge >= 0.3 is 0 Å². The first-order valence-electron chi connectivity index (χ1n) is 5.37. The van der Waals surface area contributed by atoms with Crippen molar-refractivity contribution in [1.29, 1.82) is 0 Å². The summed E-state index contributed by atoms with van der Waals surface area (Å²) in [7, 11) is 0. The highest BCUT2D eigenvalue weighted by atomic mass is 32.2. The molecule has 0 spiro atoms. The molecule has 1 heterocycles. The van der Waals surface area contributed by atoms with Gasteiger partial charge in [-0.2, -0.15) is 0 Å². The minimum Gasteiger partial charge on any atom is -0.308 e. The van der Waals surface area contributed by atoms with Crippen molar-refractivity contribution >= 4 is 17.6 Å². The van der Waals surface area contributed by atoms with Gasteiger partial charge in [0.05, 0.1) is 0 Å². The second-order valence-corrected chi connectivity index (χ2v) is 5.02. The number of pyridine rings is 1. The molecule has 0 atom stereocenters. The van der Waals surface area contributed by atoms with Crippen LogP contribution in [0.25, 0.3) is 0 Å². The Bertz CT molecular complexity index is 526. The van der Waals surface area contributed by atoms with Gasteiger partial charge in [-0.05, 0) is 49.2 Å². The van der Waals surface area contributed by atoms with Crippen LogP contribution in [0.2, 0.25) is 0 Å². The van der Waals surface area contributed by atoms with Gasteiger partial charge in [0, 0.05) is 16.0 Å². The number of hydrogen-bond acceptors (Lipinski definition) is 4. The summed E-state index contributed by atoms with van der Waals surface area (Å²) in [4.78, 5) is 6.43. The molecule has 4 heteroatoms. The number of benzene rings is 1. The highest BCUT2D eigenvalue weighted by molar-refractivity contribution is 7.99. The fraction of sp³-hybridized carbons (Fsp3) is 0.154. The third kappa shape index (κ3) is 2.99. The van der Waals surface area contributed by atoms with E-state index in [-0.39, 0.29) is 0 Å². The zero-order valence-corrected chi connectivity index (χ0v) is 10.7. The minimum atomic E-state index is 0.679. The second-order valence-electron chi connectivity index (χ2n) is 3.87. The number of aromatic nitrogens is 1. The molecule has 0 saturated heterocycles. The molecule has 0 aliphatic rings. The molecular formula is C13H15N3S. The zero-order chi connectivity index (χ0) is 12.3. The Hall–Kier alpha value is -1.52. The average Bonchev–Trinajstić information content (AvgIpc) is 2.34. The number of anilines is 1. The molecular weight excluding hydrogens is 230 g/mol. The first-order valence-corrected chi connectivity index (χ1v) is 6.18. The summed E-state index contributed by atoms with van der Waals surface area (Å²) in [6, 6.07) is 10.4. The standard InChI is InChI=1S/C13H15N3S/c1-9-3-4-11(7-10(9)2)17-12-5-6-15-13(8-12)16-14/h3-8H,14H2,1-2H3,(H,15,16). The zero-order valence-electron chi connectivity index (χ0n) is 9.90. The van der Waals surface area contributed by atoms with Crippen LogP contribution in [0.5, 0.6) is 0 Å². The lowest BCUT2D eigenvalue weighted by atomic mass is 10.1. The van der Waals surface area contributed by atoms with Crippen LogP contribution in [0.4, 0.5) is 5.82 Å². The average molecular weight is 245 g/mol. The maximum Gasteiger partial charge on any atom is 0.140 e. The molecule has 0 aliphatic carbocycles. The normalized spacial score (nSPS) is 10.3. The van der Waals surface area contributed by atoms with Crippen molar-refractivity contribution in [2.75, 3.05) is 5.43 Å². The van der Waals surface area contributed by atoms with E-state index < -0.39 is 0 Å². The number of hydrazine groups is 1. The Morgan fingerprint density at radius 3 is 2.53 bits per heavy atom. The van der Waals surface area contributed by atoms with Crippen LogP contribution < -0.4 is 11.3 Å². The molecule has 0 fully saturated rings. The summed E-state index contributed by atoms with van der Waals surface area (Å²) in [6.45, 7) is 4.24. The molecule has 0 saturated carbocycles. The number of nitrogens with zero attached hydrogens (tertiary/aromatic N) is 1. The summed E-state index contributed by atoms with van der Waals surface area (Å²) in [6.07, 6.45) is 1.75. The lowest BCUT2D eigenvalue weighted by Gasteiger charge is -2.06. The maximum absolute atomic E-state index is 5.33. The lowest BCUT2D eigenvalue weighted by Crippen LogP contribution is -2.07. The number of hydrogen-bond donors (Lipinski definition) is 2. The van der Waals surface area contributed by atoms with Crippen molar-refractivity contribution in [2.24, 2.45) is 5.84 Å². The van der Waals surface area contributed by atoms with Crippen LogP contribution in [0.1, 0.15) is 11.1 Å². The number of nitrogens with two attached hydrogens (primary N) is 1. The molecule has 0 aliphatic heterocycles. The monoisotopic (exact) mass is 245 g/mol. The third-order valence-electron chi connectivity index (χ3n) is 2.59. The van der Waals surface area contributed by atoms with E-state index in [2.05, 4.69) is 42.5 Å². The van der Waals surface area contributed by atoms with E-state index in [0.29, 0.717) is 5.82 Å². The van der Waals surface area contributed by atoms with Crippen LogP contribution in [0, 0.1) is 13.8 Å². The second kappa shape index (κ2) is 5.21. The van der Waals surface area contributed by atoms with E-state index in [4.69, 9.17) is 5.84 Å². The highest BCUT2D eigenvalue weighted by Crippen LogP contribution is 2.29. The number of aryl methyl sites for hydroxylation is 2. The van der Waals surface area contributed by atoms with Crippen LogP contribution in [0.3, 0.4) is 0 Å². The predicted octanol–water partition coefficient (Wildman–Crippen LogP) is 3.14. The van der Waals surface area contributed by atoms with Gasteiger partial charge in [0.1, 0.15) is 5.82 Å². The van der Waals surface area contributed by atoms with Gasteiger partial charge < -0.3 is 5.43 Å². The Labute approximate surface area is 105 Å². The fourth-order valence-electron chi connectivity index (χ4n) is 1.47. The molecule has 0 unspecified atom stereocenters. The fourth-order valence-corrected chi connectivity index (χ4v) is 2.41. The van der Waals surface area contributed by atoms with E-state index in [9.17, 15) is 0 Å². The summed E-state index contributed by atoms with van der Waals surface area (Å²) in [5.41, 5.74) is 5.17. The lowest BCUT2D eigenvalue weighted by molar-refractivity contribution is 1.19. The predicted molar refractivity (Wildman–Crippen MR) is 72.1 cm³/mol. The number of nitrogen functional groups attached to an aromatic ring is 1. The molecule has 17 heavy (non-hydrogen) atoms. The van der Waals surface area contributed by atoms with E-state index >= 15 is 0 Å². The molecule has 88 valence electrons. The molecule has 1 aromatic heterocycles. The number of rotatable bonds is 3. The van der Waals surface area contributed by atoms with E-state index in [0.717, 1.165) is 4.90 Å². The van der Waals surface area contributed by atoms with Crippen molar-refractivity contribution < 1.29 is 0 Å². The first-order chi connectivity index (χ1) is 8.19. The van der Waals surface area contributed by atoms with Crippen LogP contribution in [0.15, 0.2) is 46.3 Å². The highest BCUT2D eigenvalue weighted by Gasteiger charge is 2.01. The molecule has 3 N–H and O–H groups in total. The van der Waals surface area contributed by atoms with Gasteiger partial charge in [-0.1, -0.05) is 17.8 Å². The number of nitrogens with one attached hydrogen (secondary N) is 1. The molecule has 3 nitrogen and oxygen atoms in total. The van der Waals surface area contributed by atoms with Gasteiger partial charge in [0.2, 0.25) is 0 Å². The third-order valence-corrected chi connectivity index (χ3v) is 3.57. The maximum atomic E-state index is 5.33. The van der Waals surface area contributed by atoms with E-state index in [1.807, 2.05) is 12.1 Å². The topological polar surface area (TPSA) is 50.9 Å². The van der Waals surface area contributed by atoms with Gasteiger partial charge in [-0.25, -0.2) is 10.8 Å². The molecule has 0 bridgehead atoms. The summed E-state index contributed by atoms with van der Waals surface area (Å²) >= 11 is 1.70. The van der Waals surface area contributed by atoms with Crippen molar-refractivity contribution in [3.63, 3.8) is 0 Å². The van der Waals surface area contributed by atoms with Crippen molar-refractivity contribution in [3.8, 4) is 0 Å². The summed E-state index contributed by atoms with van der Waals surface area (Å²) in [5, 5.41) is 0. The van der Waals surface area contributed by atoms with Crippen LogP contribution in [-0.2, 0) is 0 Å². The molecule has 1 aromatic carbocycles. The SMILES string of the molecule is Cc1ccc(Sc2ccnc(NN)c2)cc1C. The van der Waals surface area contributed by atoms with Crippen LogP contribution >= 0.6 is 11.8 Å². The van der Waals surface area contributed by atoms with Crippen molar-refractivity contribution in [2.45, 2.75) is 23.6 Å². The molecule has 2 rings (SSSR count). The Morgan fingerprint density at radius 2 is 1.82 bits per heavy atom. The van der Waals surface area contributed by atoms with Crippen LogP contribution in [-0.4, -0.2) is 4.98 Å². The van der Waals surface area contributed by atoms with Crippen molar-refractivity contribution in [1.82, 2.24) is 4.98 Å². The quantitative estimate of drug-likeness (QED) is 0.644. The largest absolute Gasteiger partial charge is 0.308 e. The van der Waals surface area contributed by atoms with Gasteiger partial charge in [-0.3, -0.25) is 0 Å². The minimum absolute atomic E-state index is 0.679. The molecule has 2 aromatic rings.